The first-order valence-corrected chi connectivity index (χ1v) is 6.85. The molecular weight excluding hydrogens is 238 g/mol. The Bertz CT molecular complexity index is 436. The van der Waals surface area contributed by atoms with Crippen molar-refractivity contribution >= 4 is 11.6 Å². The molecule has 0 bridgehead atoms. The number of nitrogens with one attached hydrogen (secondary N) is 2. The quantitative estimate of drug-likeness (QED) is 0.853. The minimum Gasteiger partial charge on any atom is -0.365 e. The molecule has 0 saturated carbocycles. The van der Waals surface area contributed by atoms with Gasteiger partial charge in [-0.25, -0.2) is 9.97 Å². The van der Waals surface area contributed by atoms with Gasteiger partial charge in [0.2, 0.25) is 0 Å². The summed E-state index contributed by atoms with van der Waals surface area (Å²) >= 11 is 0. The van der Waals surface area contributed by atoms with E-state index < -0.39 is 0 Å². The summed E-state index contributed by atoms with van der Waals surface area (Å²) < 4.78 is 0. The molecule has 1 aliphatic heterocycles. The number of aromatic nitrogens is 2. The summed E-state index contributed by atoms with van der Waals surface area (Å²) in [6.45, 7) is 13.7. The second kappa shape index (κ2) is 4.96. The van der Waals surface area contributed by atoms with Crippen molar-refractivity contribution in [1.82, 2.24) is 15.3 Å². The SMILES string of the molecule is CC(C)(C)Nc1cc(N2CCNC(C)(C)C2)ncn1. The third kappa shape index (κ3) is 4.06. The van der Waals surface area contributed by atoms with Crippen LogP contribution >= 0.6 is 0 Å². The van der Waals surface area contributed by atoms with Crippen LogP contribution < -0.4 is 15.5 Å². The highest BCUT2D eigenvalue weighted by molar-refractivity contribution is 5.50. The van der Waals surface area contributed by atoms with Gasteiger partial charge in [-0.2, -0.15) is 0 Å². The van der Waals surface area contributed by atoms with Crippen molar-refractivity contribution in [2.24, 2.45) is 0 Å². The average molecular weight is 263 g/mol. The molecule has 1 aromatic rings. The highest BCUT2D eigenvalue weighted by Crippen LogP contribution is 2.20. The van der Waals surface area contributed by atoms with E-state index >= 15 is 0 Å². The van der Waals surface area contributed by atoms with E-state index in [1.807, 2.05) is 6.07 Å². The maximum atomic E-state index is 4.41. The lowest BCUT2D eigenvalue weighted by Crippen LogP contribution is -2.57. The van der Waals surface area contributed by atoms with E-state index in [4.69, 9.17) is 0 Å². The summed E-state index contributed by atoms with van der Waals surface area (Å²) in [5, 5.41) is 6.90. The number of rotatable bonds is 2. The fraction of sp³-hybridized carbons (Fsp3) is 0.714. The van der Waals surface area contributed by atoms with E-state index in [1.54, 1.807) is 6.33 Å². The molecule has 1 aromatic heterocycles. The van der Waals surface area contributed by atoms with Crippen LogP contribution in [-0.2, 0) is 0 Å². The molecule has 0 spiro atoms. The van der Waals surface area contributed by atoms with Crippen LogP contribution in [0.1, 0.15) is 34.6 Å². The molecule has 2 N–H and O–H groups in total. The molecule has 5 heteroatoms. The highest BCUT2D eigenvalue weighted by atomic mass is 15.3. The fourth-order valence-electron chi connectivity index (χ4n) is 2.31. The summed E-state index contributed by atoms with van der Waals surface area (Å²) in [7, 11) is 0. The van der Waals surface area contributed by atoms with Gasteiger partial charge in [-0.1, -0.05) is 0 Å². The Morgan fingerprint density at radius 3 is 2.68 bits per heavy atom. The van der Waals surface area contributed by atoms with Gasteiger partial charge in [-0.15, -0.1) is 0 Å². The first kappa shape index (κ1) is 14.1. The lowest BCUT2D eigenvalue weighted by molar-refractivity contribution is 0.351. The van der Waals surface area contributed by atoms with Crippen molar-refractivity contribution < 1.29 is 0 Å². The van der Waals surface area contributed by atoms with Gasteiger partial charge in [0.15, 0.2) is 0 Å². The predicted molar refractivity (Wildman–Crippen MR) is 79.7 cm³/mol. The van der Waals surface area contributed by atoms with E-state index in [0.29, 0.717) is 0 Å². The number of anilines is 2. The lowest BCUT2D eigenvalue weighted by Gasteiger charge is -2.39. The van der Waals surface area contributed by atoms with Gasteiger partial charge in [-0.3, -0.25) is 0 Å². The Hall–Kier alpha value is -1.36. The van der Waals surface area contributed by atoms with E-state index in [-0.39, 0.29) is 11.1 Å². The topological polar surface area (TPSA) is 53.1 Å². The van der Waals surface area contributed by atoms with Gasteiger partial charge in [-0.05, 0) is 34.6 Å². The van der Waals surface area contributed by atoms with E-state index in [2.05, 4.69) is 60.1 Å². The molecule has 0 radical (unpaired) electrons. The van der Waals surface area contributed by atoms with E-state index in [0.717, 1.165) is 31.3 Å². The molecule has 0 unspecified atom stereocenters. The zero-order valence-corrected chi connectivity index (χ0v) is 12.6. The normalized spacial score (nSPS) is 19.3. The smallest absolute Gasteiger partial charge is 0.134 e. The summed E-state index contributed by atoms with van der Waals surface area (Å²) in [4.78, 5) is 11.0. The maximum Gasteiger partial charge on any atom is 0.134 e. The lowest BCUT2D eigenvalue weighted by atomic mass is 10.0. The summed E-state index contributed by atoms with van der Waals surface area (Å²) in [6.07, 6.45) is 1.64. The number of hydrogen-bond donors (Lipinski definition) is 2. The summed E-state index contributed by atoms with van der Waals surface area (Å²) in [5.41, 5.74) is 0.134. The van der Waals surface area contributed by atoms with Gasteiger partial charge < -0.3 is 15.5 Å². The average Bonchev–Trinajstić information content (AvgIpc) is 2.25. The Kier molecular flexibility index (Phi) is 3.67. The minimum absolute atomic E-state index is 0.00828. The highest BCUT2D eigenvalue weighted by Gasteiger charge is 2.26. The maximum absolute atomic E-state index is 4.41. The van der Waals surface area contributed by atoms with Gasteiger partial charge in [0.1, 0.15) is 18.0 Å². The Morgan fingerprint density at radius 2 is 2.05 bits per heavy atom. The molecule has 1 fully saturated rings. The van der Waals surface area contributed by atoms with Gasteiger partial charge >= 0.3 is 0 Å². The molecular formula is C14H25N5. The molecule has 1 aliphatic rings. The van der Waals surface area contributed by atoms with Crippen molar-refractivity contribution in [1.29, 1.82) is 0 Å². The second-order valence-corrected chi connectivity index (χ2v) is 6.87. The van der Waals surface area contributed by atoms with Crippen molar-refractivity contribution in [3.8, 4) is 0 Å². The van der Waals surface area contributed by atoms with Crippen molar-refractivity contribution in [2.45, 2.75) is 45.7 Å². The van der Waals surface area contributed by atoms with E-state index in [9.17, 15) is 0 Å². The van der Waals surface area contributed by atoms with E-state index in [1.165, 1.54) is 0 Å². The zero-order chi connectivity index (χ0) is 14.1. The van der Waals surface area contributed by atoms with Crippen LogP contribution in [0.3, 0.4) is 0 Å². The molecule has 5 nitrogen and oxygen atoms in total. The van der Waals surface area contributed by atoms with Crippen LogP contribution in [0, 0.1) is 0 Å². The molecule has 0 amide bonds. The van der Waals surface area contributed by atoms with Crippen LogP contribution in [0.5, 0.6) is 0 Å². The van der Waals surface area contributed by atoms with Crippen LogP contribution in [0.2, 0.25) is 0 Å². The van der Waals surface area contributed by atoms with Crippen LogP contribution in [-0.4, -0.2) is 40.7 Å². The molecule has 0 aromatic carbocycles. The molecule has 19 heavy (non-hydrogen) atoms. The largest absolute Gasteiger partial charge is 0.365 e. The number of piperazine rings is 1. The van der Waals surface area contributed by atoms with Crippen LogP contribution in [0.4, 0.5) is 11.6 Å². The minimum atomic E-state index is 0.00828. The third-order valence-corrected chi connectivity index (χ3v) is 3.05. The molecule has 0 atom stereocenters. The number of nitrogens with zero attached hydrogens (tertiary/aromatic N) is 3. The van der Waals surface area contributed by atoms with Crippen LogP contribution in [0.15, 0.2) is 12.4 Å². The zero-order valence-electron chi connectivity index (χ0n) is 12.6. The second-order valence-electron chi connectivity index (χ2n) is 6.87. The first-order chi connectivity index (χ1) is 8.75. The third-order valence-electron chi connectivity index (χ3n) is 3.05. The number of hydrogen-bond acceptors (Lipinski definition) is 5. The monoisotopic (exact) mass is 263 g/mol. The Morgan fingerprint density at radius 1 is 1.32 bits per heavy atom. The van der Waals surface area contributed by atoms with Gasteiger partial charge in [0.05, 0.1) is 0 Å². The fourth-order valence-corrected chi connectivity index (χ4v) is 2.31. The molecule has 106 valence electrons. The standard InChI is InChI=1S/C14H25N5/c1-13(2,3)18-11-8-12(16-10-15-11)19-7-6-17-14(4,5)9-19/h8,10,17H,6-7,9H2,1-5H3,(H,15,16,18). The van der Waals surface area contributed by atoms with Gasteiger partial charge in [0.25, 0.3) is 0 Å². The van der Waals surface area contributed by atoms with Crippen LogP contribution in [0.25, 0.3) is 0 Å². The molecule has 1 saturated heterocycles. The summed E-state index contributed by atoms with van der Waals surface area (Å²) in [6, 6.07) is 2.03. The molecule has 2 rings (SSSR count). The molecule has 2 heterocycles. The van der Waals surface area contributed by atoms with Crippen molar-refractivity contribution in [2.75, 3.05) is 29.9 Å². The molecule has 0 aliphatic carbocycles. The summed E-state index contributed by atoms with van der Waals surface area (Å²) in [5.74, 6) is 1.88. The van der Waals surface area contributed by atoms with Crippen molar-refractivity contribution in [3.63, 3.8) is 0 Å². The van der Waals surface area contributed by atoms with Crippen molar-refractivity contribution in [3.05, 3.63) is 12.4 Å². The van der Waals surface area contributed by atoms with Gasteiger partial charge in [0, 0.05) is 36.8 Å². The first-order valence-electron chi connectivity index (χ1n) is 6.85. The predicted octanol–water partition coefficient (Wildman–Crippen LogP) is 1.88. The Labute approximate surface area is 115 Å². The Balaban J connectivity index is 2.14.